The SMILES string of the molecule is COC(=O)c1ccc(COC=O)c([N+](=O)[O-])c1.O=COCc1ccc(C(=O)Cl)cc1[N+](=O)[O-].O=COCc1ccc(C(=O)O)cc1[N+](=O)[O-].O=S(Cl)Cl. The lowest BCUT2D eigenvalue weighted by atomic mass is 10.1. The van der Waals surface area contributed by atoms with E-state index in [1.807, 2.05) is 0 Å². The fourth-order valence-corrected chi connectivity index (χ4v) is 3.56. The first-order valence-corrected chi connectivity index (χ1v) is 16.4. The summed E-state index contributed by atoms with van der Waals surface area (Å²) in [5.74, 6) is -1.93. The van der Waals surface area contributed by atoms with Crippen LogP contribution >= 0.6 is 33.0 Å². The number of hydrogen-bond acceptors (Lipinski definition) is 17. The molecule has 3 aromatic rings. The van der Waals surface area contributed by atoms with Gasteiger partial charge in [0.15, 0.2) is 0 Å². The molecule has 0 aliphatic rings. The summed E-state index contributed by atoms with van der Waals surface area (Å²) in [5, 5.41) is 39.9. The lowest BCUT2D eigenvalue weighted by Crippen LogP contribution is -2.04. The van der Waals surface area contributed by atoms with Gasteiger partial charge >= 0.3 is 11.9 Å². The van der Waals surface area contributed by atoms with E-state index in [0.717, 1.165) is 18.2 Å². The van der Waals surface area contributed by atoms with Crippen LogP contribution < -0.4 is 0 Å². The van der Waals surface area contributed by atoms with Gasteiger partial charge in [0.1, 0.15) is 19.8 Å². The predicted molar refractivity (Wildman–Crippen MR) is 180 cm³/mol. The van der Waals surface area contributed by atoms with Crippen LogP contribution in [0.3, 0.4) is 0 Å². The van der Waals surface area contributed by atoms with Crippen molar-refractivity contribution in [1.29, 1.82) is 0 Å². The van der Waals surface area contributed by atoms with Crippen LogP contribution in [0.2, 0.25) is 0 Å². The second kappa shape index (κ2) is 25.0. The van der Waals surface area contributed by atoms with E-state index in [1.54, 1.807) is 0 Å². The average molecular weight is 827 g/mol. The van der Waals surface area contributed by atoms with Gasteiger partial charge in [-0.3, -0.25) is 49.5 Å². The topological polar surface area (TPSA) is 306 Å². The normalized spacial score (nSPS) is 9.45. The molecule has 0 bridgehead atoms. The summed E-state index contributed by atoms with van der Waals surface area (Å²) in [4.78, 5) is 92.5. The summed E-state index contributed by atoms with van der Waals surface area (Å²) < 4.78 is 26.8. The molecule has 21 nitrogen and oxygen atoms in total. The number of benzene rings is 3. The first-order valence-electron chi connectivity index (χ1n) is 13.2. The number of hydrogen-bond donors (Lipinski definition) is 1. The molecule has 0 unspecified atom stereocenters. The summed E-state index contributed by atoms with van der Waals surface area (Å²) in [6.07, 6.45) is 0. The highest BCUT2D eigenvalue weighted by molar-refractivity contribution is 8.26. The zero-order valence-corrected chi connectivity index (χ0v) is 29.4. The van der Waals surface area contributed by atoms with Crippen LogP contribution in [0.5, 0.6) is 0 Å². The van der Waals surface area contributed by atoms with Crippen molar-refractivity contribution in [2.45, 2.75) is 19.8 Å². The highest BCUT2D eigenvalue weighted by Crippen LogP contribution is 2.23. The molecule has 0 amide bonds. The molecule has 0 saturated heterocycles. The van der Waals surface area contributed by atoms with Crippen LogP contribution in [0.15, 0.2) is 54.6 Å². The predicted octanol–water partition coefficient (Wildman–Crippen LogP) is 4.71. The third-order valence-corrected chi connectivity index (χ3v) is 5.88. The van der Waals surface area contributed by atoms with Crippen molar-refractivity contribution in [2.24, 2.45) is 0 Å². The number of aromatic carboxylic acids is 1. The second-order valence-corrected chi connectivity index (χ2v) is 11.6. The third kappa shape index (κ3) is 17.6. The van der Waals surface area contributed by atoms with E-state index in [9.17, 15) is 59.1 Å². The second-order valence-electron chi connectivity index (χ2n) is 8.78. The first-order chi connectivity index (χ1) is 24.9. The van der Waals surface area contributed by atoms with Crippen molar-refractivity contribution in [3.63, 3.8) is 0 Å². The maximum absolute atomic E-state index is 11.2. The molecule has 3 aromatic carbocycles. The van der Waals surface area contributed by atoms with Crippen LogP contribution in [0, 0.1) is 30.3 Å². The van der Waals surface area contributed by atoms with E-state index >= 15 is 0 Å². The van der Waals surface area contributed by atoms with Gasteiger partial charge in [0, 0.05) is 45.1 Å². The number of carbonyl (C=O) groups excluding carboxylic acids is 5. The maximum Gasteiger partial charge on any atom is 0.338 e. The van der Waals surface area contributed by atoms with Crippen molar-refractivity contribution >= 4 is 95.9 Å². The largest absolute Gasteiger partial charge is 0.478 e. The maximum atomic E-state index is 11.2. The quantitative estimate of drug-likeness (QED) is 0.0541. The van der Waals surface area contributed by atoms with Crippen molar-refractivity contribution in [3.8, 4) is 0 Å². The van der Waals surface area contributed by atoms with Crippen LogP contribution in [0.4, 0.5) is 17.1 Å². The zero-order chi connectivity index (χ0) is 40.7. The molecule has 25 heteroatoms. The van der Waals surface area contributed by atoms with Crippen LogP contribution in [-0.2, 0) is 62.4 Å². The number of esters is 1. The van der Waals surface area contributed by atoms with Crippen molar-refractivity contribution < 1.29 is 71.8 Å². The Bertz CT molecular complexity index is 1770. The molecular weight excluding hydrogens is 805 g/mol. The number of carboxylic acids is 1. The van der Waals surface area contributed by atoms with E-state index in [0.29, 0.717) is 0 Å². The first kappa shape index (κ1) is 46.9. The molecule has 0 aliphatic carbocycles. The van der Waals surface area contributed by atoms with Gasteiger partial charge in [-0.2, -0.15) is 0 Å². The number of nitro benzene ring substituents is 3. The van der Waals surface area contributed by atoms with Gasteiger partial charge in [-0.05, 0) is 48.0 Å². The Morgan fingerprint density at radius 3 is 1.26 bits per heavy atom. The molecule has 0 radical (unpaired) electrons. The fourth-order valence-electron chi connectivity index (χ4n) is 3.44. The number of ether oxygens (including phenoxy) is 4. The Kier molecular flexibility index (Phi) is 22.1. The lowest BCUT2D eigenvalue weighted by Gasteiger charge is -2.04. The minimum atomic E-state index is -1.67. The molecular formula is C28H22Cl3N3O18S. The molecule has 53 heavy (non-hydrogen) atoms. The van der Waals surface area contributed by atoms with Gasteiger partial charge in [0.2, 0.25) is 9.23 Å². The number of methoxy groups -OCH3 is 1. The van der Waals surface area contributed by atoms with E-state index in [-0.39, 0.29) is 89.7 Å². The average Bonchev–Trinajstić information content (AvgIpc) is 3.11. The monoisotopic (exact) mass is 825 g/mol. The highest BCUT2D eigenvalue weighted by Gasteiger charge is 2.19. The molecule has 1 N–H and O–H groups in total. The molecule has 0 heterocycles. The summed E-state index contributed by atoms with van der Waals surface area (Å²) >= 11 is 5.19. The molecule has 0 fully saturated rings. The zero-order valence-electron chi connectivity index (χ0n) is 26.3. The standard InChI is InChI=1S/C10H9NO6.C9H6ClNO5.C9H7NO6.Cl2OS/c1-16-10(13)7-2-3-8(5-17-6-12)9(4-7)11(14)15;10-9(13)6-1-2-7(4-16-5-12)8(3-6)11(14)15;11-5-16-4-7-2-1-6(9(12)13)3-8(7)10(14)15;1-4(2)3/h2-4,6H,5H2,1H3;1-3,5H,4H2;1-3,5H,4H2,(H,12,13);. The number of rotatable bonds is 15. The molecule has 0 atom stereocenters. The van der Waals surface area contributed by atoms with Crippen LogP contribution in [0.25, 0.3) is 0 Å². The fraction of sp³-hybridized carbons (Fsp3) is 0.143. The van der Waals surface area contributed by atoms with Crippen molar-refractivity contribution in [3.05, 3.63) is 118 Å². The molecule has 0 aromatic heterocycles. The molecule has 0 saturated carbocycles. The molecule has 284 valence electrons. The lowest BCUT2D eigenvalue weighted by molar-refractivity contribution is -0.386. The van der Waals surface area contributed by atoms with Gasteiger partial charge in [-0.25, -0.2) is 13.8 Å². The summed E-state index contributed by atoms with van der Waals surface area (Å²) in [6.45, 7) is -0.172. The summed E-state index contributed by atoms with van der Waals surface area (Å²) in [7, 11) is 8.54. The number of carbonyl (C=O) groups is 6. The highest BCUT2D eigenvalue weighted by atomic mass is 36.0. The Balaban J connectivity index is 0.000000727. The van der Waals surface area contributed by atoms with Gasteiger partial charge < -0.3 is 24.1 Å². The Morgan fingerprint density at radius 1 is 0.679 bits per heavy atom. The minimum absolute atomic E-state index is 0.0169. The van der Waals surface area contributed by atoms with Gasteiger partial charge in [-0.15, -0.1) is 0 Å². The number of nitro groups is 3. The Hall–Kier alpha value is -6.10. The van der Waals surface area contributed by atoms with E-state index in [1.165, 1.54) is 43.5 Å². The van der Waals surface area contributed by atoms with E-state index in [2.05, 4.69) is 40.3 Å². The molecule has 0 aliphatic heterocycles. The van der Waals surface area contributed by atoms with E-state index in [4.69, 9.17) is 20.9 Å². The Morgan fingerprint density at radius 2 is 0.981 bits per heavy atom. The molecule has 0 spiro atoms. The number of carboxylic acid groups (broad SMARTS) is 1. The van der Waals surface area contributed by atoms with Gasteiger partial charge in [0.25, 0.3) is 41.7 Å². The van der Waals surface area contributed by atoms with Crippen LogP contribution in [0.1, 0.15) is 47.8 Å². The molecule has 3 rings (SSSR count). The Labute approximate surface area is 312 Å². The third-order valence-electron chi connectivity index (χ3n) is 5.66. The number of halogens is 3. The minimum Gasteiger partial charge on any atom is -0.478 e. The number of nitrogens with zero attached hydrogens (tertiary/aromatic N) is 3. The van der Waals surface area contributed by atoms with Crippen molar-refractivity contribution in [2.75, 3.05) is 7.11 Å². The van der Waals surface area contributed by atoms with Gasteiger partial charge in [-0.1, -0.05) is 0 Å². The summed E-state index contributed by atoms with van der Waals surface area (Å²) in [6, 6.07) is 10.8. The van der Waals surface area contributed by atoms with Crippen molar-refractivity contribution in [1.82, 2.24) is 0 Å². The van der Waals surface area contributed by atoms with Gasteiger partial charge in [0.05, 0.1) is 49.7 Å². The van der Waals surface area contributed by atoms with Crippen LogP contribution in [-0.4, -0.2) is 67.8 Å². The smallest absolute Gasteiger partial charge is 0.338 e. The summed E-state index contributed by atoms with van der Waals surface area (Å²) in [5.41, 5.74) is -0.570. The van der Waals surface area contributed by atoms with E-state index < -0.39 is 41.2 Å².